The van der Waals surface area contributed by atoms with Crippen molar-refractivity contribution in [2.24, 2.45) is 0 Å². The van der Waals surface area contributed by atoms with E-state index >= 15 is 0 Å². The molecule has 0 heterocycles. The molecular weight excluding hydrogens is 254 g/mol. The van der Waals surface area contributed by atoms with Crippen LogP contribution in [-0.2, 0) is 10.0 Å². The Bertz CT molecular complexity index is 563. The van der Waals surface area contributed by atoms with Crippen LogP contribution in [0.5, 0.6) is 5.75 Å². The number of sulfonamides is 1. The number of nitriles is 1. The minimum absolute atomic E-state index is 0.408. The molecule has 0 aliphatic rings. The maximum absolute atomic E-state index is 11.1. The van der Waals surface area contributed by atoms with Gasteiger partial charge in [0.1, 0.15) is 11.8 Å². The molecule has 98 valence electrons. The lowest BCUT2D eigenvalue weighted by Crippen LogP contribution is -2.14. The van der Waals surface area contributed by atoms with E-state index in [-0.39, 0.29) is 0 Å². The summed E-state index contributed by atoms with van der Waals surface area (Å²) in [4.78, 5) is 0. The SMILES string of the molecule is COc1ccc(NS(C)(=O)=O)cc1NC(C)C#N. The van der Waals surface area contributed by atoms with E-state index in [0.29, 0.717) is 17.1 Å². The van der Waals surface area contributed by atoms with Gasteiger partial charge in [-0.05, 0) is 25.1 Å². The number of rotatable bonds is 5. The summed E-state index contributed by atoms with van der Waals surface area (Å²) in [5.74, 6) is 0.538. The fourth-order valence-electron chi connectivity index (χ4n) is 1.36. The Kier molecular flexibility index (Phi) is 4.39. The zero-order chi connectivity index (χ0) is 13.8. The number of anilines is 2. The van der Waals surface area contributed by atoms with E-state index in [2.05, 4.69) is 10.0 Å². The smallest absolute Gasteiger partial charge is 0.229 e. The lowest BCUT2D eigenvalue weighted by atomic mass is 10.2. The Balaban J connectivity index is 3.06. The summed E-state index contributed by atoms with van der Waals surface area (Å²) >= 11 is 0. The molecule has 0 radical (unpaired) electrons. The van der Waals surface area contributed by atoms with Crippen molar-refractivity contribution >= 4 is 21.4 Å². The zero-order valence-corrected chi connectivity index (χ0v) is 11.2. The van der Waals surface area contributed by atoms with E-state index in [4.69, 9.17) is 10.00 Å². The molecule has 1 aromatic rings. The molecule has 1 atom stereocenters. The van der Waals surface area contributed by atoms with Crippen molar-refractivity contribution in [3.63, 3.8) is 0 Å². The largest absolute Gasteiger partial charge is 0.495 e. The first kappa shape index (κ1) is 14.1. The van der Waals surface area contributed by atoms with Gasteiger partial charge in [0, 0.05) is 0 Å². The number of nitrogens with one attached hydrogen (secondary N) is 2. The van der Waals surface area contributed by atoms with Gasteiger partial charge >= 0.3 is 0 Å². The molecule has 0 aliphatic heterocycles. The Morgan fingerprint density at radius 3 is 2.61 bits per heavy atom. The molecule has 1 rings (SSSR count). The highest BCUT2D eigenvalue weighted by molar-refractivity contribution is 7.92. The molecule has 1 unspecified atom stereocenters. The second-order valence-corrected chi connectivity index (χ2v) is 5.53. The van der Waals surface area contributed by atoms with Crippen LogP contribution in [0.3, 0.4) is 0 Å². The van der Waals surface area contributed by atoms with Crippen LogP contribution in [-0.4, -0.2) is 27.8 Å². The highest BCUT2D eigenvalue weighted by Gasteiger charge is 2.09. The summed E-state index contributed by atoms with van der Waals surface area (Å²) in [7, 11) is -1.83. The van der Waals surface area contributed by atoms with Crippen molar-refractivity contribution in [2.45, 2.75) is 13.0 Å². The molecule has 0 aliphatic carbocycles. The first-order valence-electron chi connectivity index (χ1n) is 5.17. The predicted octanol–water partition coefficient (Wildman–Crippen LogP) is 1.39. The second kappa shape index (κ2) is 5.60. The van der Waals surface area contributed by atoms with Crippen LogP contribution in [0.2, 0.25) is 0 Å². The van der Waals surface area contributed by atoms with Gasteiger partial charge in [-0.3, -0.25) is 4.72 Å². The maximum atomic E-state index is 11.1. The Labute approximate surface area is 107 Å². The van der Waals surface area contributed by atoms with Crippen molar-refractivity contribution in [3.05, 3.63) is 18.2 Å². The lowest BCUT2D eigenvalue weighted by molar-refractivity contribution is 0.416. The summed E-state index contributed by atoms with van der Waals surface area (Å²) in [6.07, 6.45) is 1.07. The van der Waals surface area contributed by atoms with Gasteiger partial charge in [-0.2, -0.15) is 5.26 Å². The van der Waals surface area contributed by atoms with Crippen LogP contribution in [0.4, 0.5) is 11.4 Å². The highest BCUT2D eigenvalue weighted by atomic mass is 32.2. The van der Waals surface area contributed by atoms with Crippen LogP contribution in [0.25, 0.3) is 0 Å². The Morgan fingerprint density at radius 2 is 2.11 bits per heavy atom. The first-order chi connectivity index (χ1) is 8.35. The van der Waals surface area contributed by atoms with Gasteiger partial charge in [-0.1, -0.05) is 0 Å². The Hall–Kier alpha value is -1.94. The van der Waals surface area contributed by atoms with Crippen molar-refractivity contribution in [1.29, 1.82) is 5.26 Å². The van der Waals surface area contributed by atoms with Crippen molar-refractivity contribution < 1.29 is 13.2 Å². The maximum Gasteiger partial charge on any atom is 0.229 e. The predicted molar refractivity (Wildman–Crippen MR) is 70.2 cm³/mol. The number of hydrogen-bond donors (Lipinski definition) is 2. The average molecular weight is 269 g/mol. The van der Waals surface area contributed by atoms with E-state index in [1.54, 1.807) is 25.1 Å². The number of methoxy groups -OCH3 is 1. The van der Waals surface area contributed by atoms with Gasteiger partial charge in [0.2, 0.25) is 10.0 Å². The van der Waals surface area contributed by atoms with Crippen LogP contribution >= 0.6 is 0 Å². The molecule has 0 amide bonds. The Morgan fingerprint density at radius 1 is 1.44 bits per heavy atom. The molecule has 0 fully saturated rings. The third-order valence-corrected chi connectivity index (χ3v) is 2.67. The lowest BCUT2D eigenvalue weighted by Gasteiger charge is -2.14. The van der Waals surface area contributed by atoms with Crippen molar-refractivity contribution in [1.82, 2.24) is 0 Å². The molecule has 18 heavy (non-hydrogen) atoms. The fraction of sp³-hybridized carbons (Fsp3) is 0.364. The normalized spacial score (nSPS) is 12.3. The van der Waals surface area contributed by atoms with Crippen LogP contribution in [0.1, 0.15) is 6.92 Å². The summed E-state index contributed by atoms with van der Waals surface area (Å²) in [5, 5.41) is 11.7. The molecule has 0 bridgehead atoms. The molecule has 2 N–H and O–H groups in total. The molecule has 1 aromatic carbocycles. The summed E-state index contributed by atoms with van der Waals surface area (Å²) in [6.45, 7) is 1.69. The monoisotopic (exact) mass is 269 g/mol. The van der Waals surface area contributed by atoms with Gasteiger partial charge < -0.3 is 10.1 Å². The van der Waals surface area contributed by atoms with Crippen LogP contribution in [0.15, 0.2) is 18.2 Å². The van der Waals surface area contributed by atoms with Crippen molar-refractivity contribution in [2.75, 3.05) is 23.4 Å². The van der Waals surface area contributed by atoms with E-state index in [9.17, 15) is 8.42 Å². The summed E-state index contributed by atoms with van der Waals surface area (Å²) in [6, 6.07) is 6.40. The topological polar surface area (TPSA) is 91.2 Å². The van der Waals surface area contributed by atoms with Gasteiger partial charge in [0.25, 0.3) is 0 Å². The van der Waals surface area contributed by atoms with Crippen LogP contribution < -0.4 is 14.8 Å². The van der Waals surface area contributed by atoms with E-state index < -0.39 is 16.1 Å². The third kappa shape index (κ3) is 4.14. The first-order valence-corrected chi connectivity index (χ1v) is 7.07. The third-order valence-electron chi connectivity index (χ3n) is 2.07. The van der Waals surface area contributed by atoms with Gasteiger partial charge in [0.05, 0.1) is 30.8 Å². The number of hydrogen-bond acceptors (Lipinski definition) is 5. The minimum atomic E-state index is -3.33. The standard InChI is InChI=1S/C11H15N3O3S/c1-8(7-12)13-10-6-9(14-18(3,15)16)4-5-11(10)17-2/h4-6,8,13-14H,1-3H3. The minimum Gasteiger partial charge on any atom is -0.495 e. The average Bonchev–Trinajstić information content (AvgIpc) is 2.27. The molecule has 7 heteroatoms. The fourth-order valence-corrected chi connectivity index (χ4v) is 1.92. The number of nitrogens with zero attached hydrogens (tertiary/aromatic N) is 1. The van der Waals surface area contributed by atoms with E-state index in [0.717, 1.165) is 6.26 Å². The molecule has 0 saturated carbocycles. The van der Waals surface area contributed by atoms with Crippen molar-refractivity contribution in [3.8, 4) is 11.8 Å². The summed E-state index contributed by atoms with van der Waals surface area (Å²) < 4.78 is 29.7. The van der Waals surface area contributed by atoms with Gasteiger partial charge in [-0.25, -0.2) is 8.42 Å². The van der Waals surface area contributed by atoms with E-state index in [1.807, 2.05) is 6.07 Å². The number of benzene rings is 1. The van der Waals surface area contributed by atoms with E-state index in [1.165, 1.54) is 7.11 Å². The highest BCUT2D eigenvalue weighted by Crippen LogP contribution is 2.28. The van der Waals surface area contributed by atoms with Gasteiger partial charge in [0.15, 0.2) is 0 Å². The van der Waals surface area contributed by atoms with Gasteiger partial charge in [-0.15, -0.1) is 0 Å². The molecule has 6 nitrogen and oxygen atoms in total. The number of ether oxygens (including phenoxy) is 1. The summed E-state index contributed by atoms with van der Waals surface area (Å²) in [5.41, 5.74) is 0.964. The molecule has 0 saturated heterocycles. The van der Waals surface area contributed by atoms with Crippen LogP contribution in [0, 0.1) is 11.3 Å². The molecular formula is C11H15N3O3S. The zero-order valence-electron chi connectivity index (χ0n) is 10.4. The molecule has 0 spiro atoms. The molecule has 0 aromatic heterocycles. The second-order valence-electron chi connectivity index (χ2n) is 3.78. The quantitative estimate of drug-likeness (QED) is 0.842.